The van der Waals surface area contributed by atoms with Gasteiger partial charge in [-0.3, -0.25) is 14.4 Å². The van der Waals surface area contributed by atoms with Crippen molar-refractivity contribution in [1.29, 1.82) is 0 Å². The van der Waals surface area contributed by atoms with Crippen LogP contribution in [-0.4, -0.2) is 117 Å². The minimum Gasteiger partial charge on any atom is -0.493 e. The van der Waals surface area contributed by atoms with Crippen LogP contribution in [0.15, 0.2) is 163 Å². The number of likely N-dealkylation sites (tertiary alicyclic amines) is 3. The van der Waals surface area contributed by atoms with Gasteiger partial charge in [0.25, 0.3) is 0 Å². The molecule has 3 fully saturated rings. The lowest BCUT2D eigenvalue weighted by molar-refractivity contribution is -0.128. The molecule has 3 aliphatic rings. The van der Waals surface area contributed by atoms with Gasteiger partial charge in [-0.2, -0.15) is 0 Å². The smallest absolute Gasteiger partial charge is 0.246 e. The zero-order valence-electron chi connectivity index (χ0n) is 46.1. The Morgan fingerprint density at radius 1 is 0.537 bits per heavy atom. The topological polar surface area (TPSA) is 141 Å². The van der Waals surface area contributed by atoms with Crippen LogP contribution >= 0.6 is 0 Å². The van der Waals surface area contributed by atoms with Crippen LogP contribution in [0.25, 0.3) is 45.5 Å². The lowest BCUT2D eigenvalue weighted by Crippen LogP contribution is -2.41. The van der Waals surface area contributed by atoms with Gasteiger partial charge >= 0.3 is 0 Å². The van der Waals surface area contributed by atoms with E-state index in [0.29, 0.717) is 95.9 Å². The maximum absolute atomic E-state index is 13.8. The van der Waals surface area contributed by atoms with E-state index < -0.39 is 9.84 Å². The molecule has 0 atom stereocenters. The van der Waals surface area contributed by atoms with Gasteiger partial charge in [0.1, 0.15) is 47.1 Å². The summed E-state index contributed by atoms with van der Waals surface area (Å²) >= 11 is 0. The third-order valence-corrected chi connectivity index (χ3v) is 15.8. The highest BCUT2D eigenvalue weighted by molar-refractivity contribution is 7.90. The molecule has 6 aromatic carbocycles. The van der Waals surface area contributed by atoms with Crippen LogP contribution in [0.3, 0.4) is 0 Å². The van der Waals surface area contributed by atoms with E-state index in [1.165, 1.54) is 12.3 Å². The summed E-state index contributed by atoms with van der Waals surface area (Å²) in [5, 5.41) is 0. The number of hydrogen-bond acceptors (Lipinski definition) is 10. The lowest BCUT2D eigenvalue weighted by Gasteiger charge is -2.32. The van der Waals surface area contributed by atoms with E-state index in [-0.39, 0.29) is 47.0 Å². The Morgan fingerprint density at radius 2 is 1.01 bits per heavy atom. The Labute approximate surface area is 471 Å². The maximum Gasteiger partial charge on any atom is 0.246 e. The molecule has 0 aromatic heterocycles. The third-order valence-electron chi connectivity index (χ3n) is 14.7. The van der Waals surface area contributed by atoms with Gasteiger partial charge in [-0.05, 0) is 133 Å². The number of piperidine rings is 3. The summed E-state index contributed by atoms with van der Waals surface area (Å²) in [4.78, 5) is 45.4. The second-order valence-corrected chi connectivity index (χ2v) is 22.7. The highest BCUT2D eigenvalue weighted by Crippen LogP contribution is 2.38. The molecule has 13 nitrogen and oxygen atoms in total. The molecule has 0 bridgehead atoms. The van der Waals surface area contributed by atoms with Crippen molar-refractivity contribution in [3.8, 4) is 62.1 Å². The summed E-state index contributed by atoms with van der Waals surface area (Å²) in [5.74, 6) is 3.39. The monoisotopic (exact) mass is 1100 g/mol. The Hall–Kier alpha value is -8.10. The minimum absolute atomic E-state index is 0.0202. The van der Waals surface area contributed by atoms with Crippen molar-refractivity contribution in [3.63, 3.8) is 0 Å². The predicted molar refractivity (Wildman–Crippen MR) is 315 cm³/mol. The Balaban J connectivity index is 0.835. The molecular formula is C66H71N3O10S. The number of ether oxygens (including phenoxy) is 5. The largest absolute Gasteiger partial charge is 0.493 e. The second-order valence-electron chi connectivity index (χ2n) is 20.7. The molecule has 6 aromatic rings. The number of nitrogens with zero attached hydrogens (tertiary/aromatic N) is 3. The molecule has 416 valence electrons. The highest BCUT2D eigenvalue weighted by Gasteiger charge is 2.27. The number of para-hydroxylation sites is 2. The van der Waals surface area contributed by atoms with E-state index in [2.05, 4.69) is 24.8 Å². The standard InChI is InChI=1S/C66H71N3O10S/c1-6-64(70)67-37-31-52(32-38-67)78-55-25-19-47(60(44-55)48-21-27-57(28-22-48)80(5,73)74)23-29-65(71)68-41-35-53(36-42-68)79-56-26-20-49(61(45-56)59-16-9-11-18-63(59)76-46(3)4)24-30-66(72)69-39-33-51(34-40-69)77-54-14-12-13-50(43-54)58-15-8-10-17-62(58)75-7-2/h6,8-30,43-46,51-53H,1,7,31-42H2,2-5H3/b29-23+,30-24+. The Kier molecular flexibility index (Phi) is 18.6. The van der Waals surface area contributed by atoms with E-state index >= 15 is 0 Å². The molecule has 0 spiro atoms. The Bertz CT molecular complexity index is 3330. The average Bonchev–Trinajstić information content (AvgIpc) is 3.61. The molecular weight excluding hydrogens is 1030 g/mol. The van der Waals surface area contributed by atoms with Gasteiger partial charge in [0, 0.05) is 107 Å². The minimum atomic E-state index is -3.41. The van der Waals surface area contributed by atoms with Crippen molar-refractivity contribution >= 4 is 39.7 Å². The molecule has 0 N–H and O–H groups in total. The normalized spacial score (nSPS) is 15.8. The van der Waals surface area contributed by atoms with Crippen LogP contribution < -0.4 is 23.7 Å². The summed E-state index contributed by atoms with van der Waals surface area (Å²) in [5.41, 5.74) is 6.96. The molecule has 3 saturated heterocycles. The Morgan fingerprint density at radius 3 is 1.52 bits per heavy atom. The molecule has 0 aliphatic carbocycles. The summed E-state index contributed by atoms with van der Waals surface area (Å²) in [6, 6.07) is 42.3. The maximum atomic E-state index is 13.8. The quantitative estimate of drug-likeness (QED) is 0.0720. The molecule has 3 amide bonds. The zero-order chi connectivity index (χ0) is 56.2. The fourth-order valence-corrected chi connectivity index (χ4v) is 11.1. The molecule has 3 heterocycles. The number of amides is 3. The van der Waals surface area contributed by atoms with Gasteiger partial charge in [-0.1, -0.05) is 79.4 Å². The van der Waals surface area contributed by atoms with Crippen molar-refractivity contribution in [3.05, 3.63) is 169 Å². The van der Waals surface area contributed by atoms with Crippen LogP contribution in [0, 0.1) is 0 Å². The van der Waals surface area contributed by atoms with Gasteiger partial charge in [0.05, 0.1) is 17.6 Å². The van der Waals surface area contributed by atoms with Crippen molar-refractivity contribution < 1.29 is 46.5 Å². The molecule has 14 heteroatoms. The van der Waals surface area contributed by atoms with Crippen LogP contribution in [0.5, 0.6) is 28.7 Å². The van der Waals surface area contributed by atoms with Crippen molar-refractivity contribution in [2.75, 3.05) is 52.1 Å². The van der Waals surface area contributed by atoms with Crippen LogP contribution in [0.1, 0.15) is 70.4 Å². The van der Waals surface area contributed by atoms with Crippen LogP contribution in [0.4, 0.5) is 0 Å². The van der Waals surface area contributed by atoms with Gasteiger partial charge in [0.15, 0.2) is 9.84 Å². The van der Waals surface area contributed by atoms with Crippen molar-refractivity contribution in [1.82, 2.24) is 14.7 Å². The molecule has 3 aliphatic heterocycles. The number of carbonyl (C=O) groups excluding carboxylic acids is 3. The first-order chi connectivity index (χ1) is 38.7. The van der Waals surface area contributed by atoms with E-state index in [1.54, 1.807) is 47.4 Å². The molecule has 9 rings (SSSR count). The third kappa shape index (κ3) is 14.6. The van der Waals surface area contributed by atoms with Crippen LogP contribution in [0.2, 0.25) is 0 Å². The molecule has 0 unspecified atom stereocenters. The number of rotatable bonds is 19. The molecule has 80 heavy (non-hydrogen) atoms. The van der Waals surface area contributed by atoms with E-state index in [1.807, 2.05) is 128 Å². The number of benzene rings is 6. The summed E-state index contributed by atoms with van der Waals surface area (Å²) < 4.78 is 56.3. The zero-order valence-corrected chi connectivity index (χ0v) is 46.9. The molecule has 0 saturated carbocycles. The number of hydrogen-bond donors (Lipinski definition) is 0. The SMILES string of the molecule is C=CC(=O)N1CCC(Oc2ccc(/C=C/C(=O)N3CCC(Oc4ccc(/C=C/C(=O)N5CCC(Oc6cccc(-c7ccccc7OCC)c6)CC5)c(-c5ccccc5OC(C)C)c4)CC3)c(-c3ccc(S(C)(=O)=O)cc3)c2)CC1. The number of sulfone groups is 1. The number of carbonyl (C=O) groups is 3. The first-order valence-electron chi connectivity index (χ1n) is 27.7. The average molecular weight is 1100 g/mol. The van der Waals surface area contributed by atoms with Crippen molar-refractivity contribution in [2.24, 2.45) is 0 Å². The predicted octanol–water partition coefficient (Wildman–Crippen LogP) is 12.0. The lowest BCUT2D eigenvalue weighted by atomic mass is 9.97. The highest BCUT2D eigenvalue weighted by atomic mass is 32.2. The van der Waals surface area contributed by atoms with Crippen molar-refractivity contribution in [2.45, 2.75) is 88.6 Å². The first-order valence-corrected chi connectivity index (χ1v) is 29.6. The van der Waals surface area contributed by atoms with E-state index in [9.17, 15) is 22.8 Å². The fraction of sp³-hybridized carbons (Fsp3) is 0.318. The summed E-state index contributed by atoms with van der Waals surface area (Å²) in [6.07, 6.45) is 13.1. The van der Waals surface area contributed by atoms with Gasteiger partial charge < -0.3 is 38.4 Å². The fourth-order valence-electron chi connectivity index (χ4n) is 10.5. The first kappa shape index (κ1) is 56.6. The summed E-state index contributed by atoms with van der Waals surface area (Å²) in [6.45, 7) is 13.5. The van der Waals surface area contributed by atoms with E-state index in [4.69, 9.17) is 23.7 Å². The molecule has 0 radical (unpaired) electrons. The second kappa shape index (κ2) is 26.2. The van der Waals surface area contributed by atoms with E-state index in [0.717, 1.165) is 61.8 Å². The summed E-state index contributed by atoms with van der Waals surface area (Å²) in [7, 11) is -3.41. The van der Waals surface area contributed by atoms with Crippen LogP contribution in [-0.2, 0) is 24.2 Å². The van der Waals surface area contributed by atoms with Gasteiger partial charge in [-0.15, -0.1) is 0 Å². The van der Waals surface area contributed by atoms with Gasteiger partial charge in [0.2, 0.25) is 17.7 Å². The van der Waals surface area contributed by atoms with Gasteiger partial charge in [-0.25, -0.2) is 8.42 Å².